The van der Waals surface area contributed by atoms with Gasteiger partial charge >= 0.3 is 7.82 Å². The van der Waals surface area contributed by atoms with E-state index in [1.165, 1.54) is 6.92 Å². The lowest BCUT2D eigenvalue weighted by molar-refractivity contribution is 0.00278. The normalized spacial score (nSPS) is 19.5. The van der Waals surface area contributed by atoms with Gasteiger partial charge in [-0.2, -0.15) is 0 Å². The van der Waals surface area contributed by atoms with Gasteiger partial charge in [-0.3, -0.25) is 4.52 Å². The Labute approximate surface area is 75.4 Å². The van der Waals surface area contributed by atoms with E-state index in [1.807, 2.05) is 0 Å². The molecule has 0 unspecified atom stereocenters. The van der Waals surface area contributed by atoms with Gasteiger partial charge < -0.3 is 25.7 Å². The van der Waals surface area contributed by atoms with E-state index in [9.17, 15) is 4.57 Å². The van der Waals surface area contributed by atoms with Gasteiger partial charge in [0.25, 0.3) is 0 Å². The predicted octanol–water partition coefficient (Wildman–Crippen LogP) is -1.84. The van der Waals surface area contributed by atoms with E-state index in [0.29, 0.717) is 0 Å². The third-order valence-corrected chi connectivity index (χ3v) is 1.85. The number of rotatable bonds is 5. The van der Waals surface area contributed by atoms with Crippen molar-refractivity contribution in [2.24, 2.45) is 5.73 Å². The molecule has 0 aliphatic carbocycles. The van der Waals surface area contributed by atoms with Crippen LogP contribution in [0.15, 0.2) is 0 Å². The fourth-order valence-corrected chi connectivity index (χ4v) is 1.01. The molecular formula is C5H14NO6P. The van der Waals surface area contributed by atoms with Crippen molar-refractivity contribution in [1.82, 2.24) is 0 Å². The van der Waals surface area contributed by atoms with E-state index in [2.05, 4.69) is 4.52 Å². The first-order valence-corrected chi connectivity index (χ1v) is 5.09. The molecule has 0 aliphatic rings. The molecule has 0 fully saturated rings. The summed E-state index contributed by atoms with van der Waals surface area (Å²) in [7, 11) is -4.56. The average Bonchev–Trinajstić information content (AvgIpc) is 1.97. The summed E-state index contributed by atoms with van der Waals surface area (Å²) in [6, 6.07) is -1.03. The summed E-state index contributed by atoms with van der Waals surface area (Å²) < 4.78 is 14.2. The Hall–Kier alpha value is -0.0100. The molecule has 0 saturated heterocycles. The van der Waals surface area contributed by atoms with Gasteiger partial charge in [-0.05, 0) is 6.92 Å². The molecule has 0 aromatic rings. The van der Waals surface area contributed by atoms with Crippen molar-refractivity contribution < 1.29 is 29.1 Å². The van der Waals surface area contributed by atoms with Crippen LogP contribution < -0.4 is 5.73 Å². The summed E-state index contributed by atoms with van der Waals surface area (Å²) in [6.07, 6.45) is -2.35. The van der Waals surface area contributed by atoms with Crippen LogP contribution in [-0.4, -0.2) is 44.9 Å². The maximum absolute atomic E-state index is 10.2. The highest BCUT2D eigenvalue weighted by Crippen LogP contribution is 2.35. The number of aliphatic hydroxyl groups excluding tert-OH is 2. The van der Waals surface area contributed by atoms with Crippen LogP contribution >= 0.6 is 7.82 Å². The summed E-state index contributed by atoms with van der Waals surface area (Å²) >= 11 is 0. The van der Waals surface area contributed by atoms with Gasteiger partial charge in [0.05, 0.1) is 24.9 Å². The van der Waals surface area contributed by atoms with Crippen LogP contribution in [0.25, 0.3) is 0 Å². The second kappa shape index (κ2) is 5.02. The Kier molecular flexibility index (Phi) is 5.01. The number of hydrogen-bond donors (Lipinski definition) is 5. The minimum Gasteiger partial charge on any atom is -0.391 e. The van der Waals surface area contributed by atoms with Crippen molar-refractivity contribution in [1.29, 1.82) is 0 Å². The van der Waals surface area contributed by atoms with Gasteiger partial charge in [-0.1, -0.05) is 0 Å². The van der Waals surface area contributed by atoms with Crippen molar-refractivity contribution in [3.63, 3.8) is 0 Å². The number of phosphoric acid groups is 1. The fraction of sp³-hybridized carbons (Fsp3) is 1.00. The number of phosphoric ester groups is 1. The van der Waals surface area contributed by atoms with E-state index >= 15 is 0 Å². The summed E-state index contributed by atoms with van der Waals surface area (Å²) in [5.74, 6) is 0. The summed E-state index contributed by atoms with van der Waals surface area (Å²) in [5.41, 5.74) is 5.25. The Balaban J connectivity index is 3.88. The van der Waals surface area contributed by atoms with Crippen molar-refractivity contribution in [2.45, 2.75) is 25.2 Å². The Morgan fingerprint density at radius 3 is 2.23 bits per heavy atom. The Bertz CT molecular complexity index is 191. The zero-order chi connectivity index (χ0) is 10.6. The third kappa shape index (κ3) is 6.11. The maximum atomic E-state index is 10.2. The van der Waals surface area contributed by atoms with Gasteiger partial charge in [0.1, 0.15) is 0 Å². The standard InChI is InChI=1S/C5H14NO6P/c1-3(7)5(8)4(6)2-12-13(9,10)11/h3-5,7-8H,2,6H2,1H3,(H2,9,10,11)/t3-,4-,5+/m1/s1. The lowest BCUT2D eigenvalue weighted by Gasteiger charge is -2.20. The smallest absolute Gasteiger partial charge is 0.391 e. The topological polar surface area (TPSA) is 133 Å². The molecule has 0 aliphatic heterocycles. The van der Waals surface area contributed by atoms with Gasteiger partial charge in [0, 0.05) is 0 Å². The van der Waals surface area contributed by atoms with E-state index < -0.39 is 32.7 Å². The SMILES string of the molecule is C[C@@H](O)[C@H](O)[C@H](N)COP(=O)(O)O. The minimum atomic E-state index is -4.56. The molecule has 3 atom stereocenters. The molecule has 0 radical (unpaired) electrons. The van der Waals surface area contributed by atoms with E-state index in [0.717, 1.165) is 0 Å². The second-order valence-electron chi connectivity index (χ2n) is 2.68. The van der Waals surface area contributed by atoms with Crippen LogP contribution in [0.2, 0.25) is 0 Å². The van der Waals surface area contributed by atoms with Crippen LogP contribution in [-0.2, 0) is 9.09 Å². The summed E-state index contributed by atoms with van der Waals surface area (Å²) in [6.45, 7) is 0.790. The largest absolute Gasteiger partial charge is 0.469 e. The van der Waals surface area contributed by atoms with Crippen LogP contribution in [0.4, 0.5) is 0 Å². The van der Waals surface area contributed by atoms with E-state index in [4.69, 9.17) is 25.7 Å². The number of hydrogen-bond acceptors (Lipinski definition) is 5. The molecule has 0 amide bonds. The lowest BCUT2D eigenvalue weighted by Crippen LogP contribution is -2.44. The molecule has 0 aromatic carbocycles. The number of nitrogens with two attached hydrogens (primary N) is 1. The second-order valence-corrected chi connectivity index (χ2v) is 3.92. The van der Waals surface area contributed by atoms with Crippen LogP contribution in [0.5, 0.6) is 0 Å². The van der Waals surface area contributed by atoms with E-state index in [1.54, 1.807) is 0 Å². The number of aliphatic hydroxyl groups is 2. The Morgan fingerprint density at radius 2 is 1.92 bits per heavy atom. The zero-order valence-corrected chi connectivity index (χ0v) is 7.96. The van der Waals surface area contributed by atoms with Crippen molar-refractivity contribution >= 4 is 7.82 Å². The third-order valence-electron chi connectivity index (χ3n) is 1.37. The first kappa shape index (κ1) is 13.0. The molecule has 0 spiro atoms. The molecular weight excluding hydrogens is 201 g/mol. The molecule has 8 heteroatoms. The molecule has 6 N–H and O–H groups in total. The molecule has 0 aromatic heterocycles. The summed E-state index contributed by atoms with van der Waals surface area (Å²) in [5, 5.41) is 17.9. The van der Waals surface area contributed by atoms with Crippen LogP contribution in [0.1, 0.15) is 6.92 Å². The zero-order valence-electron chi connectivity index (χ0n) is 7.07. The first-order valence-electron chi connectivity index (χ1n) is 3.56. The van der Waals surface area contributed by atoms with Gasteiger partial charge in [0.2, 0.25) is 0 Å². The van der Waals surface area contributed by atoms with Crippen molar-refractivity contribution in [3.8, 4) is 0 Å². The van der Waals surface area contributed by atoms with E-state index in [-0.39, 0.29) is 0 Å². The lowest BCUT2D eigenvalue weighted by atomic mass is 10.1. The monoisotopic (exact) mass is 215 g/mol. The summed E-state index contributed by atoms with van der Waals surface area (Å²) in [4.78, 5) is 16.6. The molecule has 0 heterocycles. The molecule has 80 valence electrons. The quantitative estimate of drug-likeness (QED) is 0.340. The fourth-order valence-electron chi connectivity index (χ4n) is 0.639. The van der Waals surface area contributed by atoms with Gasteiger partial charge in [-0.25, -0.2) is 4.57 Å². The van der Waals surface area contributed by atoms with Crippen molar-refractivity contribution in [3.05, 3.63) is 0 Å². The highest BCUT2D eigenvalue weighted by Gasteiger charge is 2.23. The van der Waals surface area contributed by atoms with Gasteiger partial charge in [0.15, 0.2) is 0 Å². The molecule has 0 rings (SSSR count). The van der Waals surface area contributed by atoms with Crippen LogP contribution in [0, 0.1) is 0 Å². The average molecular weight is 215 g/mol. The van der Waals surface area contributed by atoms with Crippen molar-refractivity contribution in [2.75, 3.05) is 6.61 Å². The molecule has 0 bridgehead atoms. The van der Waals surface area contributed by atoms with Gasteiger partial charge in [-0.15, -0.1) is 0 Å². The maximum Gasteiger partial charge on any atom is 0.469 e. The minimum absolute atomic E-state index is 0.518. The molecule has 7 nitrogen and oxygen atoms in total. The Morgan fingerprint density at radius 1 is 1.46 bits per heavy atom. The predicted molar refractivity (Wildman–Crippen MR) is 43.7 cm³/mol. The molecule has 13 heavy (non-hydrogen) atoms. The highest BCUT2D eigenvalue weighted by molar-refractivity contribution is 7.46. The molecule has 0 saturated carbocycles. The van der Waals surface area contributed by atoms with Crippen LogP contribution in [0.3, 0.4) is 0 Å². The highest BCUT2D eigenvalue weighted by atomic mass is 31.2. The first-order chi connectivity index (χ1) is 5.74.